The minimum atomic E-state index is 0.0746. The van der Waals surface area contributed by atoms with Gasteiger partial charge in [-0.2, -0.15) is 5.10 Å². The Morgan fingerprint density at radius 1 is 1.42 bits per heavy atom. The van der Waals surface area contributed by atoms with Gasteiger partial charge in [-0.1, -0.05) is 0 Å². The number of likely N-dealkylation sites (tertiary alicyclic amines) is 1. The fraction of sp³-hybridized carbons (Fsp3) is 0.471. The number of amides is 1. The van der Waals surface area contributed by atoms with Gasteiger partial charge in [0.1, 0.15) is 10.6 Å². The van der Waals surface area contributed by atoms with Crippen LogP contribution in [0.25, 0.3) is 0 Å². The van der Waals surface area contributed by atoms with Gasteiger partial charge < -0.3 is 14.5 Å². The number of carbonyl (C=O) groups excluding carboxylic acids is 1. The summed E-state index contributed by atoms with van der Waals surface area (Å²) in [4.78, 5) is 18.6. The number of aromatic nitrogens is 2. The van der Waals surface area contributed by atoms with Crippen LogP contribution in [0.5, 0.6) is 5.75 Å². The molecule has 2 aromatic rings. The fourth-order valence-electron chi connectivity index (χ4n) is 3.06. The van der Waals surface area contributed by atoms with Gasteiger partial charge in [0.05, 0.1) is 7.11 Å². The minimum Gasteiger partial charge on any atom is -0.495 e. The number of hydrogen-bond acceptors (Lipinski definition) is 6. The van der Waals surface area contributed by atoms with Gasteiger partial charge in [0.25, 0.3) is 5.91 Å². The van der Waals surface area contributed by atoms with Crippen LogP contribution in [-0.2, 0) is 0 Å². The molecule has 0 aliphatic carbocycles. The fourth-order valence-corrected chi connectivity index (χ4v) is 4.01. The molecule has 7 heteroatoms. The summed E-state index contributed by atoms with van der Waals surface area (Å²) in [5.74, 6) is 1.63. The Morgan fingerprint density at radius 3 is 2.79 bits per heavy atom. The van der Waals surface area contributed by atoms with E-state index in [2.05, 4.69) is 15.1 Å². The molecular formula is C17H22N4O2S. The molecule has 1 saturated heterocycles. The van der Waals surface area contributed by atoms with Gasteiger partial charge in [-0.25, -0.2) is 0 Å². The number of rotatable bonds is 4. The molecule has 0 saturated carbocycles. The second kappa shape index (κ2) is 7.17. The number of aryl methyl sites for hydroxylation is 1. The molecule has 3 heterocycles. The van der Waals surface area contributed by atoms with E-state index in [0.29, 0.717) is 16.7 Å². The first kappa shape index (κ1) is 16.7. The van der Waals surface area contributed by atoms with Crippen LogP contribution in [0.1, 0.15) is 27.4 Å². The maximum atomic E-state index is 12.8. The van der Waals surface area contributed by atoms with E-state index in [1.165, 1.54) is 11.3 Å². The van der Waals surface area contributed by atoms with E-state index in [0.717, 1.165) is 36.6 Å². The number of carbonyl (C=O) groups is 1. The van der Waals surface area contributed by atoms with Gasteiger partial charge >= 0.3 is 0 Å². The Balaban J connectivity index is 1.63. The van der Waals surface area contributed by atoms with Crippen molar-refractivity contribution < 1.29 is 9.53 Å². The third kappa shape index (κ3) is 3.36. The highest BCUT2D eigenvalue weighted by Gasteiger charge is 2.28. The lowest BCUT2D eigenvalue weighted by molar-refractivity contribution is 0.0715. The zero-order valence-electron chi connectivity index (χ0n) is 14.2. The van der Waals surface area contributed by atoms with Gasteiger partial charge in [-0.3, -0.25) is 4.79 Å². The van der Waals surface area contributed by atoms with Gasteiger partial charge in [-0.05, 0) is 38.0 Å². The lowest BCUT2D eigenvalue weighted by Crippen LogP contribution is -2.45. The summed E-state index contributed by atoms with van der Waals surface area (Å²) >= 11 is 1.50. The number of piperidine rings is 1. The van der Waals surface area contributed by atoms with Crippen LogP contribution in [0, 0.1) is 6.92 Å². The van der Waals surface area contributed by atoms with Crippen LogP contribution in [0.2, 0.25) is 0 Å². The average Bonchev–Trinajstić information content (AvgIpc) is 3.02. The molecule has 0 aromatic carbocycles. The Hall–Kier alpha value is -2.15. The van der Waals surface area contributed by atoms with Crippen molar-refractivity contribution in [2.24, 2.45) is 0 Å². The third-order valence-electron chi connectivity index (χ3n) is 4.45. The quantitative estimate of drug-likeness (QED) is 0.852. The third-order valence-corrected chi connectivity index (χ3v) is 5.47. The van der Waals surface area contributed by atoms with E-state index in [-0.39, 0.29) is 5.91 Å². The van der Waals surface area contributed by atoms with E-state index in [9.17, 15) is 4.79 Å². The van der Waals surface area contributed by atoms with Gasteiger partial charge in [-0.15, -0.1) is 16.4 Å². The second-order valence-corrected chi connectivity index (χ2v) is 7.23. The van der Waals surface area contributed by atoms with Crippen molar-refractivity contribution in [2.45, 2.75) is 25.8 Å². The molecule has 1 amide bonds. The predicted octanol–water partition coefficient (Wildman–Crippen LogP) is 2.60. The van der Waals surface area contributed by atoms with Crippen LogP contribution in [0.3, 0.4) is 0 Å². The van der Waals surface area contributed by atoms with Crippen LogP contribution < -0.4 is 9.64 Å². The van der Waals surface area contributed by atoms with E-state index >= 15 is 0 Å². The predicted molar refractivity (Wildman–Crippen MR) is 95.0 cm³/mol. The van der Waals surface area contributed by atoms with E-state index < -0.39 is 0 Å². The molecule has 1 fully saturated rings. The number of methoxy groups -OCH3 is 1. The minimum absolute atomic E-state index is 0.0746. The Labute approximate surface area is 146 Å². The first-order valence-corrected chi connectivity index (χ1v) is 8.86. The molecule has 6 nitrogen and oxygen atoms in total. The highest BCUT2D eigenvalue weighted by molar-refractivity contribution is 7.14. The summed E-state index contributed by atoms with van der Waals surface area (Å²) in [6.07, 6.45) is 3.52. The number of anilines is 1. The van der Waals surface area contributed by atoms with Gasteiger partial charge in [0.15, 0.2) is 5.82 Å². The zero-order valence-corrected chi connectivity index (χ0v) is 15.0. The number of nitrogens with zero attached hydrogens (tertiary/aromatic N) is 4. The summed E-state index contributed by atoms with van der Waals surface area (Å²) in [6, 6.07) is 6.15. The monoisotopic (exact) mass is 346 g/mol. The van der Waals surface area contributed by atoms with Crippen molar-refractivity contribution in [1.82, 2.24) is 15.1 Å². The second-order valence-electron chi connectivity index (χ2n) is 5.97. The smallest absolute Gasteiger partial charge is 0.267 e. The number of hydrogen-bond donors (Lipinski definition) is 0. The van der Waals surface area contributed by atoms with Crippen LogP contribution >= 0.6 is 11.3 Å². The lowest BCUT2D eigenvalue weighted by atomic mass is 10.0. The number of ether oxygens (including phenoxy) is 1. The summed E-state index contributed by atoms with van der Waals surface area (Å²) in [5, 5.41) is 8.10. The number of thiophene rings is 1. The molecule has 0 spiro atoms. The largest absolute Gasteiger partial charge is 0.495 e. The average molecular weight is 346 g/mol. The first-order valence-electron chi connectivity index (χ1n) is 8.04. The molecule has 128 valence electrons. The Morgan fingerprint density at radius 2 is 2.17 bits per heavy atom. The molecule has 1 aliphatic rings. The molecule has 1 aliphatic heterocycles. The molecule has 0 atom stereocenters. The van der Waals surface area contributed by atoms with Crippen molar-refractivity contribution in [3.63, 3.8) is 0 Å². The van der Waals surface area contributed by atoms with E-state index in [4.69, 9.17) is 4.74 Å². The summed E-state index contributed by atoms with van der Waals surface area (Å²) < 4.78 is 5.33. The topological polar surface area (TPSA) is 58.6 Å². The van der Waals surface area contributed by atoms with Crippen LogP contribution in [0.4, 0.5) is 5.82 Å². The summed E-state index contributed by atoms with van der Waals surface area (Å²) in [6.45, 7) is 3.48. The van der Waals surface area contributed by atoms with E-state index in [1.54, 1.807) is 13.3 Å². The molecule has 0 radical (unpaired) electrons. The van der Waals surface area contributed by atoms with Crippen molar-refractivity contribution >= 4 is 23.1 Å². The molecule has 0 bridgehead atoms. The van der Waals surface area contributed by atoms with Crippen LogP contribution in [-0.4, -0.2) is 54.3 Å². The van der Waals surface area contributed by atoms with Crippen molar-refractivity contribution in [1.29, 1.82) is 0 Å². The maximum absolute atomic E-state index is 12.8. The highest BCUT2D eigenvalue weighted by atomic mass is 32.1. The molecule has 3 rings (SSSR count). The Kier molecular flexibility index (Phi) is 4.99. The van der Waals surface area contributed by atoms with E-state index in [1.807, 2.05) is 37.1 Å². The molecule has 2 aromatic heterocycles. The van der Waals surface area contributed by atoms with Crippen LogP contribution in [0.15, 0.2) is 24.4 Å². The maximum Gasteiger partial charge on any atom is 0.267 e. The standard InChI is InChI=1S/C17H22N4O2S/c1-12-11-14(23-3)16(24-12)17(22)21-9-6-13(7-10-21)20(2)15-5-4-8-18-19-15/h4-5,8,11,13H,6-7,9-10H2,1-3H3. The lowest BCUT2D eigenvalue weighted by Gasteiger charge is -2.37. The SMILES string of the molecule is COc1cc(C)sc1C(=O)N1CCC(N(C)c2cccnn2)CC1. The molecule has 0 unspecified atom stereocenters. The van der Waals surface area contributed by atoms with Crippen molar-refractivity contribution in [3.05, 3.63) is 34.2 Å². The molecule has 0 N–H and O–H groups in total. The molecular weight excluding hydrogens is 324 g/mol. The zero-order chi connectivity index (χ0) is 17.1. The summed E-state index contributed by atoms with van der Waals surface area (Å²) in [7, 11) is 3.65. The van der Waals surface area contributed by atoms with Gasteiger partial charge in [0.2, 0.25) is 0 Å². The summed E-state index contributed by atoms with van der Waals surface area (Å²) in [5.41, 5.74) is 0. The van der Waals surface area contributed by atoms with Gasteiger partial charge in [0, 0.05) is 37.3 Å². The first-order chi connectivity index (χ1) is 11.6. The van der Waals surface area contributed by atoms with Crippen molar-refractivity contribution in [2.75, 3.05) is 32.1 Å². The highest BCUT2D eigenvalue weighted by Crippen LogP contribution is 2.31. The Bertz CT molecular complexity index is 696. The molecule has 24 heavy (non-hydrogen) atoms. The van der Waals surface area contributed by atoms with Crippen molar-refractivity contribution in [3.8, 4) is 5.75 Å². The normalized spacial score (nSPS) is 15.4.